The molecule has 0 aromatic carbocycles. The second-order valence-electron chi connectivity index (χ2n) is 6.40. The molecule has 0 N–H and O–H groups in total. The predicted molar refractivity (Wildman–Crippen MR) is 67.5 cm³/mol. The highest BCUT2D eigenvalue weighted by atomic mass is 15.3. The number of nitriles is 1. The van der Waals surface area contributed by atoms with Crippen LogP contribution in [0.1, 0.15) is 39.0 Å². The quantitative estimate of drug-likeness (QED) is 0.745. The van der Waals surface area contributed by atoms with E-state index in [0.29, 0.717) is 11.5 Å². The normalized spacial score (nSPS) is 36.5. The van der Waals surface area contributed by atoms with Crippen LogP contribution in [0.15, 0.2) is 0 Å². The lowest BCUT2D eigenvalue weighted by Gasteiger charge is -2.43. The first-order chi connectivity index (χ1) is 8.22. The molecule has 3 aliphatic rings. The van der Waals surface area contributed by atoms with E-state index < -0.39 is 0 Å². The Hall–Kier alpha value is -0.590. The van der Waals surface area contributed by atoms with Crippen molar-refractivity contribution < 1.29 is 0 Å². The summed E-state index contributed by atoms with van der Waals surface area (Å²) in [6, 6.07) is 3.87. The van der Waals surface area contributed by atoms with Crippen LogP contribution in [0.25, 0.3) is 0 Å². The molecule has 2 aliphatic heterocycles. The molecule has 1 aliphatic carbocycles. The van der Waals surface area contributed by atoms with E-state index in [1.165, 1.54) is 51.9 Å². The van der Waals surface area contributed by atoms with Gasteiger partial charge in [-0.25, -0.2) is 0 Å². The Morgan fingerprint density at radius 3 is 2.88 bits per heavy atom. The Morgan fingerprint density at radius 1 is 1.35 bits per heavy atom. The molecule has 3 heteroatoms. The number of hydrogen-bond donors (Lipinski definition) is 0. The first-order valence-electron chi connectivity index (χ1n) is 7.07. The fourth-order valence-electron chi connectivity index (χ4n) is 3.63. The number of fused-ring (bicyclic) bond motifs is 1. The Labute approximate surface area is 104 Å². The standard InChI is InChI=1S/C14H23N3/c1-12-9-16-8-2-3-13(16)10-17(12)11-14(4-5-14)6-7-15/h12-13H,2-6,8-11H2,1H3. The molecule has 17 heavy (non-hydrogen) atoms. The van der Waals surface area contributed by atoms with Crippen molar-refractivity contribution in [1.29, 1.82) is 5.26 Å². The highest BCUT2D eigenvalue weighted by Crippen LogP contribution is 2.49. The van der Waals surface area contributed by atoms with Gasteiger partial charge in [-0.05, 0) is 44.6 Å². The molecule has 0 radical (unpaired) electrons. The molecule has 3 nitrogen and oxygen atoms in total. The molecule has 0 aromatic rings. The molecule has 0 bridgehead atoms. The molecular weight excluding hydrogens is 210 g/mol. The smallest absolute Gasteiger partial charge is 0.0628 e. The van der Waals surface area contributed by atoms with E-state index in [9.17, 15) is 0 Å². The van der Waals surface area contributed by atoms with Gasteiger partial charge >= 0.3 is 0 Å². The minimum Gasteiger partial charge on any atom is -0.298 e. The molecule has 1 saturated carbocycles. The molecular formula is C14H23N3. The minimum absolute atomic E-state index is 0.379. The van der Waals surface area contributed by atoms with E-state index in [2.05, 4.69) is 22.8 Å². The summed E-state index contributed by atoms with van der Waals surface area (Å²) in [6.07, 6.45) is 6.09. The fourth-order valence-corrected chi connectivity index (χ4v) is 3.63. The van der Waals surface area contributed by atoms with Crippen LogP contribution >= 0.6 is 0 Å². The summed E-state index contributed by atoms with van der Waals surface area (Å²) < 4.78 is 0. The zero-order valence-electron chi connectivity index (χ0n) is 10.9. The van der Waals surface area contributed by atoms with Gasteiger partial charge in [0, 0.05) is 38.1 Å². The Bertz CT molecular complexity index is 329. The van der Waals surface area contributed by atoms with Gasteiger partial charge in [0.05, 0.1) is 6.07 Å². The van der Waals surface area contributed by atoms with Crippen LogP contribution in [-0.2, 0) is 0 Å². The Balaban J connectivity index is 1.61. The first kappa shape index (κ1) is 11.5. The first-order valence-corrected chi connectivity index (χ1v) is 7.07. The summed E-state index contributed by atoms with van der Waals surface area (Å²) in [5.41, 5.74) is 0.379. The van der Waals surface area contributed by atoms with Crippen molar-refractivity contribution in [1.82, 2.24) is 9.80 Å². The van der Waals surface area contributed by atoms with E-state index in [-0.39, 0.29) is 0 Å². The molecule has 2 unspecified atom stereocenters. The number of nitrogens with zero attached hydrogens (tertiary/aromatic N) is 3. The predicted octanol–water partition coefficient (Wildman–Crippen LogP) is 1.85. The Morgan fingerprint density at radius 2 is 2.18 bits per heavy atom. The largest absolute Gasteiger partial charge is 0.298 e. The molecule has 0 aromatic heterocycles. The molecule has 0 amide bonds. The lowest BCUT2D eigenvalue weighted by molar-refractivity contribution is 0.0451. The van der Waals surface area contributed by atoms with E-state index in [4.69, 9.17) is 5.26 Å². The van der Waals surface area contributed by atoms with Crippen LogP contribution in [-0.4, -0.2) is 48.1 Å². The average molecular weight is 233 g/mol. The molecule has 94 valence electrons. The van der Waals surface area contributed by atoms with Gasteiger partial charge in [-0.3, -0.25) is 9.80 Å². The maximum atomic E-state index is 8.91. The number of piperazine rings is 1. The highest BCUT2D eigenvalue weighted by Gasteiger charge is 2.46. The highest BCUT2D eigenvalue weighted by molar-refractivity contribution is 5.03. The lowest BCUT2D eigenvalue weighted by Crippen LogP contribution is -2.56. The van der Waals surface area contributed by atoms with E-state index in [0.717, 1.165) is 12.5 Å². The molecule has 0 spiro atoms. The van der Waals surface area contributed by atoms with Crippen LogP contribution < -0.4 is 0 Å². The molecule has 3 fully saturated rings. The van der Waals surface area contributed by atoms with Crippen LogP contribution in [0.2, 0.25) is 0 Å². The lowest BCUT2D eigenvalue weighted by atomic mass is 9.99. The summed E-state index contributed by atoms with van der Waals surface area (Å²) in [7, 11) is 0. The summed E-state index contributed by atoms with van der Waals surface area (Å²) in [6.45, 7) is 7.33. The van der Waals surface area contributed by atoms with Crippen molar-refractivity contribution >= 4 is 0 Å². The second kappa shape index (κ2) is 4.26. The SMILES string of the molecule is CC1CN2CCCC2CN1CC1(CC#N)CC1. The van der Waals surface area contributed by atoms with Crippen molar-refractivity contribution in [3.63, 3.8) is 0 Å². The van der Waals surface area contributed by atoms with Gasteiger partial charge in [0.15, 0.2) is 0 Å². The van der Waals surface area contributed by atoms with Crippen molar-refractivity contribution in [2.45, 2.75) is 51.1 Å². The fraction of sp³-hybridized carbons (Fsp3) is 0.929. The average Bonchev–Trinajstić information content (AvgIpc) is 2.89. The van der Waals surface area contributed by atoms with Crippen LogP contribution in [0.3, 0.4) is 0 Å². The van der Waals surface area contributed by atoms with Crippen molar-refractivity contribution in [2.24, 2.45) is 5.41 Å². The van der Waals surface area contributed by atoms with Crippen LogP contribution in [0.5, 0.6) is 0 Å². The van der Waals surface area contributed by atoms with E-state index in [1.54, 1.807) is 0 Å². The monoisotopic (exact) mass is 233 g/mol. The van der Waals surface area contributed by atoms with Crippen molar-refractivity contribution in [3.8, 4) is 6.07 Å². The summed E-state index contributed by atoms with van der Waals surface area (Å²) in [5, 5.41) is 8.91. The minimum atomic E-state index is 0.379. The molecule has 2 saturated heterocycles. The summed E-state index contributed by atoms with van der Waals surface area (Å²) in [4.78, 5) is 5.34. The van der Waals surface area contributed by atoms with Gasteiger partial charge < -0.3 is 0 Å². The van der Waals surface area contributed by atoms with Gasteiger partial charge in [0.2, 0.25) is 0 Å². The van der Waals surface area contributed by atoms with Gasteiger partial charge in [0.25, 0.3) is 0 Å². The van der Waals surface area contributed by atoms with Gasteiger partial charge in [0.1, 0.15) is 0 Å². The van der Waals surface area contributed by atoms with Gasteiger partial charge in [-0.1, -0.05) is 0 Å². The summed E-state index contributed by atoms with van der Waals surface area (Å²) in [5.74, 6) is 0. The van der Waals surface area contributed by atoms with Gasteiger partial charge in [-0.15, -0.1) is 0 Å². The zero-order chi connectivity index (χ0) is 11.9. The second-order valence-corrected chi connectivity index (χ2v) is 6.40. The van der Waals surface area contributed by atoms with Gasteiger partial charge in [-0.2, -0.15) is 5.26 Å². The maximum Gasteiger partial charge on any atom is 0.0628 e. The third-order valence-electron chi connectivity index (χ3n) is 5.02. The van der Waals surface area contributed by atoms with E-state index >= 15 is 0 Å². The molecule has 2 heterocycles. The maximum absolute atomic E-state index is 8.91. The summed E-state index contributed by atoms with van der Waals surface area (Å²) >= 11 is 0. The zero-order valence-corrected chi connectivity index (χ0v) is 10.9. The third-order valence-corrected chi connectivity index (χ3v) is 5.02. The number of hydrogen-bond acceptors (Lipinski definition) is 3. The van der Waals surface area contributed by atoms with Crippen LogP contribution in [0, 0.1) is 16.7 Å². The molecule has 2 atom stereocenters. The Kier molecular flexibility index (Phi) is 2.88. The number of rotatable bonds is 3. The molecule has 3 rings (SSSR count). The third kappa shape index (κ3) is 2.21. The topological polar surface area (TPSA) is 30.3 Å². The van der Waals surface area contributed by atoms with E-state index in [1.807, 2.05) is 0 Å². The van der Waals surface area contributed by atoms with Crippen molar-refractivity contribution in [2.75, 3.05) is 26.2 Å². The van der Waals surface area contributed by atoms with Crippen molar-refractivity contribution in [3.05, 3.63) is 0 Å². The van der Waals surface area contributed by atoms with Crippen LogP contribution in [0.4, 0.5) is 0 Å².